The predicted octanol–water partition coefficient (Wildman–Crippen LogP) is 4.34. The van der Waals surface area contributed by atoms with E-state index in [4.69, 9.17) is 16.3 Å². The van der Waals surface area contributed by atoms with Gasteiger partial charge in [-0.2, -0.15) is 0 Å². The van der Waals surface area contributed by atoms with E-state index in [9.17, 15) is 4.39 Å². The summed E-state index contributed by atoms with van der Waals surface area (Å²) in [5.41, 5.74) is 1.49. The van der Waals surface area contributed by atoms with Gasteiger partial charge in [0, 0.05) is 23.3 Å². The molecule has 112 valence electrons. The lowest BCUT2D eigenvalue weighted by Gasteiger charge is -2.10. The Bertz CT molecular complexity index is 619. The lowest BCUT2D eigenvalue weighted by Crippen LogP contribution is -2.13. The summed E-state index contributed by atoms with van der Waals surface area (Å²) in [6.07, 6.45) is 2.33. The molecule has 3 nitrogen and oxygen atoms in total. The van der Waals surface area contributed by atoms with Crippen LogP contribution >= 0.6 is 11.6 Å². The molecule has 0 atom stereocenters. The fourth-order valence-electron chi connectivity index (χ4n) is 1.93. The molecular weight excluding hydrogens is 291 g/mol. The van der Waals surface area contributed by atoms with Crippen LogP contribution in [0.3, 0.4) is 0 Å². The number of ether oxygens (including phenoxy) is 1. The maximum atomic E-state index is 14.3. The number of aromatic nitrogens is 1. The van der Waals surface area contributed by atoms with Crippen LogP contribution in [0.5, 0.6) is 11.6 Å². The molecule has 5 heteroatoms. The normalized spacial score (nSPS) is 10.7. The topological polar surface area (TPSA) is 34.2 Å². The van der Waals surface area contributed by atoms with Gasteiger partial charge >= 0.3 is 0 Å². The number of nitrogens with zero attached hydrogens (tertiary/aromatic N) is 1. The van der Waals surface area contributed by atoms with E-state index < -0.39 is 5.82 Å². The fraction of sp³-hybridized carbons (Fsp3) is 0.312. The Morgan fingerprint density at radius 2 is 2.05 bits per heavy atom. The summed E-state index contributed by atoms with van der Waals surface area (Å²) in [6.45, 7) is 5.19. The number of benzene rings is 1. The largest absolute Gasteiger partial charge is 0.436 e. The standard InChI is InChI=1S/C16H18ClFN2O/c1-3-11-9-13(5-6-14(11)17)21-16-15(18)12(7-8-20-16)10-19-4-2/h5-9,19H,3-4,10H2,1-2H3. The average molecular weight is 309 g/mol. The molecule has 0 aliphatic rings. The highest BCUT2D eigenvalue weighted by atomic mass is 35.5. The van der Waals surface area contributed by atoms with E-state index in [2.05, 4.69) is 10.3 Å². The van der Waals surface area contributed by atoms with Gasteiger partial charge in [0.2, 0.25) is 0 Å². The third kappa shape index (κ3) is 3.93. The van der Waals surface area contributed by atoms with Crippen LogP contribution in [0.25, 0.3) is 0 Å². The van der Waals surface area contributed by atoms with Crippen LogP contribution in [0.1, 0.15) is 25.0 Å². The van der Waals surface area contributed by atoms with Crippen molar-refractivity contribution in [2.24, 2.45) is 0 Å². The van der Waals surface area contributed by atoms with Crippen LogP contribution in [0.15, 0.2) is 30.5 Å². The Balaban J connectivity index is 2.23. The van der Waals surface area contributed by atoms with Gasteiger partial charge in [0.15, 0.2) is 5.82 Å². The molecule has 0 spiro atoms. The molecule has 0 saturated heterocycles. The molecule has 0 aliphatic heterocycles. The van der Waals surface area contributed by atoms with Crippen molar-refractivity contribution in [2.75, 3.05) is 6.54 Å². The van der Waals surface area contributed by atoms with Crippen molar-refractivity contribution in [3.63, 3.8) is 0 Å². The van der Waals surface area contributed by atoms with Crippen molar-refractivity contribution < 1.29 is 9.13 Å². The van der Waals surface area contributed by atoms with E-state index in [1.807, 2.05) is 13.8 Å². The Hall–Kier alpha value is -1.65. The number of rotatable bonds is 6. The van der Waals surface area contributed by atoms with E-state index in [1.165, 1.54) is 0 Å². The second-order valence-electron chi connectivity index (χ2n) is 4.58. The van der Waals surface area contributed by atoms with Crippen molar-refractivity contribution in [2.45, 2.75) is 26.8 Å². The van der Waals surface area contributed by atoms with Gasteiger partial charge in [0.25, 0.3) is 5.88 Å². The minimum Gasteiger partial charge on any atom is -0.436 e. The number of aryl methyl sites for hydroxylation is 1. The number of halogens is 2. The summed E-state index contributed by atoms with van der Waals surface area (Å²) in [5.74, 6) is 0.0736. The smallest absolute Gasteiger partial charge is 0.256 e. The molecule has 0 saturated carbocycles. The molecule has 2 aromatic rings. The highest BCUT2D eigenvalue weighted by Gasteiger charge is 2.12. The Labute approximate surface area is 129 Å². The van der Waals surface area contributed by atoms with Gasteiger partial charge in [-0.05, 0) is 42.8 Å². The molecule has 2 rings (SSSR count). The summed E-state index contributed by atoms with van der Waals surface area (Å²) in [7, 11) is 0. The van der Waals surface area contributed by atoms with Gasteiger partial charge < -0.3 is 10.1 Å². The first-order valence-corrected chi connectivity index (χ1v) is 7.33. The molecule has 0 unspecified atom stereocenters. The zero-order valence-corrected chi connectivity index (χ0v) is 12.9. The lowest BCUT2D eigenvalue weighted by atomic mass is 10.1. The van der Waals surface area contributed by atoms with Crippen LogP contribution in [-0.2, 0) is 13.0 Å². The quantitative estimate of drug-likeness (QED) is 0.862. The first kappa shape index (κ1) is 15.7. The summed E-state index contributed by atoms with van der Waals surface area (Å²) < 4.78 is 19.8. The van der Waals surface area contributed by atoms with Gasteiger partial charge in [-0.25, -0.2) is 9.37 Å². The van der Waals surface area contributed by atoms with Gasteiger partial charge in [-0.1, -0.05) is 25.4 Å². The second-order valence-corrected chi connectivity index (χ2v) is 4.99. The summed E-state index contributed by atoms with van der Waals surface area (Å²) in [5, 5.41) is 3.76. The van der Waals surface area contributed by atoms with E-state index in [0.717, 1.165) is 18.5 Å². The lowest BCUT2D eigenvalue weighted by molar-refractivity contribution is 0.417. The summed E-state index contributed by atoms with van der Waals surface area (Å²) >= 11 is 6.06. The third-order valence-corrected chi connectivity index (χ3v) is 3.48. The minimum absolute atomic E-state index is 0.0187. The van der Waals surface area contributed by atoms with Crippen LogP contribution < -0.4 is 10.1 Å². The summed E-state index contributed by atoms with van der Waals surface area (Å²) in [6, 6.07) is 6.90. The van der Waals surface area contributed by atoms with Gasteiger partial charge in [0.05, 0.1) is 0 Å². The van der Waals surface area contributed by atoms with E-state index in [1.54, 1.807) is 30.5 Å². The zero-order valence-electron chi connectivity index (χ0n) is 12.1. The first-order valence-electron chi connectivity index (χ1n) is 6.96. The number of pyridine rings is 1. The highest BCUT2D eigenvalue weighted by molar-refractivity contribution is 6.31. The summed E-state index contributed by atoms with van der Waals surface area (Å²) in [4.78, 5) is 3.96. The Morgan fingerprint density at radius 3 is 2.76 bits per heavy atom. The Morgan fingerprint density at radius 1 is 1.24 bits per heavy atom. The average Bonchev–Trinajstić information content (AvgIpc) is 2.50. The molecule has 0 amide bonds. The van der Waals surface area contributed by atoms with Crippen LogP contribution in [-0.4, -0.2) is 11.5 Å². The van der Waals surface area contributed by atoms with Crippen molar-refractivity contribution in [3.05, 3.63) is 52.4 Å². The number of hydrogen-bond acceptors (Lipinski definition) is 3. The monoisotopic (exact) mass is 308 g/mol. The van der Waals surface area contributed by atoms with Gasteiger partial charge in [-0.3, -0.25) is 0 Å². The van der Waals surface area contributed by atoms with Crippen molar-refractivity contribution >= 4 is 11.6 Å². The maximum Gasteiger partial charge on any atom is 0.256 e. The molecule has 1 N–H and O–H groups in total. The molecule has 0 bridgehead atoms. The molecule has 1 aromatic carbocycles. The first-order chi connectivity index (χ1) is 10.2. The fourth-order valence-corrected chi connectivity index (χ4v) is 2.18. The molecule has 0 fully saturated rings. The van der Waals surface area contributed by atoms with Crippen LogP contribution in [0, 0.1) is 5.82 Å². The van der Waals surface area contributed by atoms with E-state index in [0.29, 0.717) is 22.9 Å². The predicted molar refractivity (Wildman–Crippen MR) is 82.5 cm³/mol. The van der Waals surface area contributed by atoms with E-state index in [-0.39, 0.29) is 5.88 Å². The number of hydrogen-bond donors (Lipinski definition) is 1. The molecule has 1 heterocycles. The maximum absolute atomic E-state index is 14.3. The van der Waals surface area contributed by atoms with Crippen LogP contribution in [0.4, 0.5) is 4.39 Å². The molecule has 1 aromatic heterocycles. The van der Waals surface area contributed by atoms with Crippen molar-refractivity contribution in [1.82, 2.24) is 10.3 Å². The third-order valence-electron chi connectivity index (χ3n) is 3.12. The van der Waals surface area contributed by atoms with Gasteiger partial charge in [-0.15, -0.1) is 0 Å². The molecule has 21 heavy (non-hydrogen) atoms. The van der Waals surface area contributed by atoms with E-state index >= 15 is 0 Å². The number of nitrogens with one attached hydrogen (secondary N) is 1. The Kier molecular flexibility index (Phi) is 5.53. The SMILES string of the molecule is CCNCc1ccnc(Oc2ccc(Cl)c(CC)c2)c1F. The highest BCUT2D eigenvalue weighted by Crippen LogP contribution is 2.28. The van der Waals surface area contributed by atoms with Gasteiger partial charge in [0.1, 0.15) is 5.75 Å². The van der Waals surface area contributed by atoms with Crippen LogP contribution in [0.2, 0.25) is 5.02 Å². The molecular formula is C16H18ClFN2O. The zero-order chi connectivity index (χ0) is 15.2. The minimum atomic E-state index is -0.438. The molecule has 0 aliphatic carbocycles. The second kappa shape index (κ2) is 7.38. The van der Waals surface area contributed by atoms with Crippen molar-refractivity contribution in [1.29, 1.82) is 0 Å². The van der Waals surface area contributed by atoms with Crippen molar-refractivity contribution in [3.8, 4) is 11.6 Å². The molecule has 0 radical (unpaired) electrons.